The third-order valence-corrected chi connectivity index (χ3v) is 1.41. The number of benzene rings is 1. The Balaban J connectivity index is 0. The van der Waals surface area contributed by atoms with Crippen LogP contribution in [0.3, 0.4) is 0 Å². The van der Waals surface area contributed by atoms with Gasteiger partial charge in [-0.25, -0.2) is 0 Å². The quantitative estimate of drug-likeness (QED) is 0.438. The molecule has 0 amide bonds. The summed E-state index contributed by atoms with van der Waals surface area (Å²) in [5.41, 5.74) is 0.890. The number of ether oxygens (including phenoxy) is 2. The van der Waals surface area contributed by atoms with Gasteiger partial charge in [-0.3, -0.25) is 0 Å². The SMILES string of the molecule is [CH2-]c1cc(OC)cc(OC)c1.[Cl-].[Mg+2]. The summed E-state index contributed by atoms with van der Waals surface area (Å²) in [7, 11) is 3.24. The molecule has 1 aromatic carbocycles. The molecule has 4 heteroatoms. The van der Waals surface area contributed by atoms with Gasteiger partial charge in [0.15, 0.2) is 0 Å². The summed E-state index contributed by atoms with van der Waals surface area (Å²) in [6, 6.07) is 5.51. The Morgan fingerprint density at radius 1 is 1.00 bits per heavy atom. The first-order chi connectivity index (χ1) is 5.26. The zero-order valence-electron chi connectivity index (χ0n) is 7.84. The van der Waals surface area contributed by atoms with Crippen LogP contribution in [0.25, 0.3) is 0 Å². The van der Waals surface area contributed by atoms with E-state index in [0.29, 0.717) is 0 Å². The van der Waals surface area contributed by atoms with E-state index in [1.807, 2.05) is 18.2 Å². The number of rotatable bonds is 2. The molecular weight excluding hydrogens is 200 g/mol. The van der Waals surface area contributed by atoms with E-state index in [9.17, 15) is 0 Å². The second kappa shape index (κ2) is 7.18. The molecule has 2 nitrogen and oxygen atoms in total. The summed E-state index contributed by atoms with van der Waals surface area (Å²) in [4.78, 5) is 0. The first-order valence-corrected chi connectivity index (χ1v) is 3.31. The average Bonchev–Trinajstić information content (AvgIpc) is 2.03. The third-order valence-electron chi connectivity index (χ3n) is 1.41. The normalized spacial score (nSPS) is 7.85. The molecular formula is C9H11ClMgO2. The summed E-state index contributed by atoms with van der Waals surface area (Å²) >= 11 is 0. The van der Waals surface area contributed by atoms with Crippen molar-refractivity contribution in [1.82, 2.24) is 0 Å². The summed E-state index contributed by atoms with van der Waals surface area (Å²) < 4.78 is 10.0. The summed E-state index contributed by atoms with van der Waals surface area (Å²) in [5.74, 6) is 1.55. The third kappa shape index (κ3) is 4.50. The van der Waals surface area contributed by atoms with Gasteiger partial charge in [0, 0.05) is 0 Å². The molecule has 0 aromatic heterocycles. The second-order valence-electron chi connectivity index (χ2n) is 2.22. The van der Waals surface area contributed by atoms with Crippen LogP contribution in [0, 0.1) is 6.92 Å². The topological polar surface area (TPSA) is 18.5 Å². The van der Waals surface area contributed by atoms with Crippen LogP contribution >= 0.6 is 0 Å². The molecule has 0 aliphatic carbocycles. The monoisotopic (exact) mass is 210 g/mol. The van der Waals surface area contributed by atoms with E-state index in [1.54, 1.807) is 14.2 Å². The Morgan fingerprint density at radius 3 is 1.69 bits per heavy atom. The molecule has 0 fully saturated rings. The van der Waals surface area contributed by atoms with Gasteiger partial charge >= 0.3 is 23.1 Å². The van der Waals surface area contributed by atoms with Crippen LogP contribution in [0.15, 0.2) is 18.2 Å². The Morgan fingerprint density at radius 2 is 1.38 bits per heavy atom. The molecule has 13 heavy (non-hydrogen) atoms. The smallest absolute Gasteiger partial charge is 1.00 e. The van der Waals surface area contributed by atoms with E-state index < -0.39 is 0 Å². The predicted octanol–water partition coefficient (Wildman–Crippen LogP) is -1.49. The van der Waals surface area contributed by atoms with Gasteiger partial charge in [-0.1, -0.05) is 0 Å². The van der Waals surface area contributed by atoms with Crippen molar-refractivity contribution in [3.05, 3.63) is 30.7 Å². The van der Waals surface area contributed by atoms with E-state index in [2.05, 4.69) is 6.92 Å². The van der Waals surface area contributed by atoms with E-state index in [1.165, 1.54) is 0 Å². The summed E-state index contributed by atoms with van der Waals surface area (Å²) in [6.07, 6.45) is 0. The van der Waals surface area contributed by atoms with Gasteiger partial charge in [-0.2, -0.15) is 12.5 Å². The van der Waals surface area contributed by atoms with Crippen molar-refractivity contribution in [2.24, 2.45) is 0 Å². The predicted molar refractivity (Wildman–Crippen MR) is 49.8 cm³/mol. The largest absolute Gasteiger partial charge is 2.00 e. The molecule has 0 aliphatic rings. The average molecular weight is 211 g/mol. The number of halogens is 1. The van der Waals surface area contributed by atoms with Crippen molar-refractivity contribution >= 4 is 23.1 Å². The van der Waals surface area contributed by atoms with Crippen LogP contribution < -0.4 is 21.9 Å². The van der Waals surface area contributed by atoms with Gasteiger partial charge in [0.05, 0.1) is 25.7 Å². The maximum Gasteiger partial charge on any atom is 2.00 e. The fraction of sp³-hybridized carbons (Fsp3) is 0.222. The number of methoxy groups -OCH3 is 2. The van der Waals surface area contributed by atoms with Gasteiger partial charge in [0.1, 0.15) is 0 Å². The van der Waals surface area contributed by atoms with Crippen LogP contribution in [0.4, 0.5) is 0 Å². The van der Waals surface area contributed by atoms with Crippen LogP contribution in [0.2, 0.25) is 0 Å². The van der Waals surface area contributed by atoms with Gasteiger partial charge in [-0.15, -0.1) is 12.1 Å². The standard InChI is InChI=1S/C9H11O2.ClH.Mg/c1-7-4-8(10-2)6-9(5-7)11-3;;/h4-6H,1H2,2-3H3;1H;/q-1;;+2/p-1. The van der Waals surface area contributed by atoms with Crippen LogP contribution in [0.5, 0.6) is 11.5 Å². The van der Waals surface area contributed by atoms with Crippen molar-refractivity contribution in [1.29, 1.82) is 0 Å². The van der Waals surface area contributed by atoms with Gasteiger partial charge in [0.25, 0.3) is 0 Å². The minimum Gasteiger partial charge on any atom is -1.00 e. The zero-order chi connectivity index (χ0) is 8.27. The van der Waals surface area contributed by atoms with Crippen LogP contribution in [0.1, 0.15) is 5.56 Å². The number of hydrogen-bond donors (Lipinski definition) is 0. The Labute approximate surface area is 101 Å². The fourth-order valence-electron chi connectivity index (χ4n) is 0.866. The van der Waals surface area contributed by atoms with E-state index in [-0.39, 0.29) is 35.5 Å². The molecule has 68 valence electrons. The van der Waals surface area contributed by atoms with Crippen LogP contribution in [-0.2, 0) is 0 Å². The number of hydrogen-bond acceptors (Lipinski definition) is 2. The first kappa shape index (κ1) is 15.2. The molecule has 0 unspecified atom stereocenters. The summed E-state index contributed by atoms with van der Waals surface area (Å²) in [6.45, 7) is 3.78. The Kier molecular flexibility index (Phi) is 8.41. The molecule has 0 atom stereocenters. The molecule has 0 aliphatic heterocycles. The summed E-state index contributed by atoms with van der Waals surface area (Å²) in [5, 5.41) is 0. The zero-order valence-corrected chi connectivity index (χ0v) is 10.0. The van der Waals surface area contributed by atoms with Crippen molar-refractivity contribution < 1.29 is 21.9 Å². The Bertz CT molecular complexity index is 231. The van der Waals surface area contributed by atoms with E-state index >= 15 is 0 Å². The molecule has 1 rings (SSSR count). The molecule has 1 aromatic rings. The van der Waals surface area contributed by atoms with E-state index in [4.69, 9.17) is 9.47 Å². The van der Waals surface area contributed by atoms with Crippen molar-refractivity contribution in [3.8, 4) is 11.5 Å². The molecule has 0 heterocycles. The second-order valence-corrected chi connectivity index (χ2v) is 2.22. The minimum atomic E-state index is 0. The Hall–Kier alpha value is -0.254. The van der Waals surface area contributed by atoms with Crippen LogP contribution in [-0.4, -0.2) is 37.3 Å². The van der Waals surface area contributed by atoms with Gasteiger partial charge < -0.3 is 21.9 Å². The van der Waals surface area contributed by atoms with Gasteiger partial charge in [0.2, 0.25) is 0 Å². The maximum absolute atomic E-state index is 5.02. The first-order valence-electron chi connectivity index (χ1n) is 3.31. The van der Waals surface area contributed by atoms with Crippen molar-refractivity contribution in [2.75, 3.05) is 14.2 Å². The molecule has 0 saturated heterocycles. The maximum atomic E-state index is 5.02. The molecule has 0 radical (unpaired) electrons. The minimum absolute atomic E-state index is 0. The molecule has 0 bridgehead atoms. The van der Waals surface area contributed by atoms with Gasteiger partial charge in [-0.05, 0) is 6.07 Å². The molecule has 0 N–H and O–H groups in total. The van der Waals surface area contributed by atoms with E-state index in [0.717, 1.165) is 17.1 Å². The molecule has 0 saturated carbocycles. The van der Waals surface area contributed by atoms with Crippen molar-refractivity contribution in [3.63, 3.8) is 0 Å². The van der Waals surface area contributed by atoms with Crippen molar-refractivity contribution in [2.45, 2.75) is 0 Å². The molecule has 0 spiro atoms. The fourth-order valence-corrected chi connectivity index (χ4v) is 0.866.